The first-order chi connectivity index (χ1) is 30.9. The molecule has 1 N–H and O–H groups in total. The summed E-state index contributed by atoms with van der Waals surface area (Å²) in [6, 6.07) is 21.7. The van der Waals surface area contributed by atoms with Crippen LogP contribution >= 0.6 is 51.2 Å². The Morgan fingerprint density at radius 1 is 0.754 bits per heavy atom. The lowest BCUT2D eigenvalue weighted by atomic mass is 10.1. The van der Waals surface area contributed by atoms with Crippen molar-refractivity contribution < 1.29 is 36.2 Å². The molecule has 0 spiro atoms. The summed E-state index contributed by atoms with van der Waals surface area (Å²) in [4.78, 5) is 39.5. The molecule has 0 unspecified atom stereocenters. The highest BCUT2D eigenvalue weighted by Crippen LogP contribution is 2.33. The van der Waals surface area contributed by atoms with E-state index in [0.29, 0.717) is 97.4 Å². The van der Waals surface area contributed by atoms with Crippen LogP contribution in [0.4, 0.5) is 32.3 Å². The van der Waals surface area contributed by atoms with Gasteiger partial charge >= 0.3 is 0 Å². The molecule has 1 saturated heterocycles. The van der Waals surface area contributed by atoms with Crippen LogP contribution in [0.3, 0.4) is 0 Å². The zero-order chi connectivity index (χ0) is 47.5. The molecular weight excluding hydrogens is 975 g/mol. The van der Waals surface area contributed by atoms with Crippen LogP contribution in [0, 0.1) is 20.8 Å². The van der Waals surface area contributed by atoms with Crippen molar-refractivity contribution in [3.8, 4) is 11.1 Å². The van der Waals surface area contributed by atoms with Crippen LogP contribution in [0.1, 0.15) is 47.2 Å². The minimum absolute atomic E-state index is 0.0691. The van der Waals surface area contributed by atoms with E-state index in [-0.39, 0.29) is 30.7 Å². The Morgan fingerprint density at radius 3 is 1.86 bits per heavy atom. The summed E-state index contributed by atoms with van der Waals surface area (Å²) in [6.07, 6.45) is 3.52. The van der Waals surface area contributed by atoms with Crippen LogP contribution in [0.5, 0.6) is 0 Å². The maximum atomic E-state index is 13.2. The van der Waals surface area contributed by atoms with Crippen molar-refractivity contribution >= 4 is 74.0 Å². The number of amides is 1. The zero-order valence-corrected chi connectivity index (χ0v) is 40.5. The number of aromatic nitrogens is 4. The molecule has 7 rings (SSSR count). The monoisotopic (exact) mass is 1020 g/mol. The highest BCUT2D eigenvalue weighted by Gasteiger charge is 2.27. The lowest BCUT2D eigenvalue weighted by Gasteiger charge is -2.39. The number of hydrogen-bond acceptors (Lipinski definition) is 9. The molecule has 9 nitrogen and oxygen atoms in total. The molecule has 0 radical (unpaired) electrons. The Bertz CT molecular complexity index is 2560. The van der Waals surface area contributed by atoms with Gasteiger partial charge in [0.05, 0.1) is 24.1 Å². The van der Waals surface area contributed by atoms with Gasteiger partial charge in [-0.15, -0.1) is 0 Å². The number of carbonyl (C=O) groups excluding carboxylic acids is 1. The number of rotatable bonds is 12. The average molecular weight is 1020 g/mol. The van der Waals surface area contributed by atoms with Gasteiger partial charge in [0.1, 0.15) is 0 Å². The summed E-state index contributed by atoms with van der Waals surface area (Å²) >= 11 is 4.85. The molecule has 1 amide bonds. The number of aryl methyl sites for hydroxylation is 3. The molecule has 3 heterocycles. The minimum atomic E-state index is -2.54. The van der Waals surface area contributed by atoms with Crippen molar-refractivity contribution in [2.24, 2.45) is 7.05 Å². The Labute approximate surface area is 395 Å². The third kappa shape index (κ3) is 14.0. The number of aliphatic hydroxyl groups excluding tert-OH is 1. The zero-order valence-electron chi connectivity index (χ0n) is 36.5. The van der Waals surface area contributed by atoms with Gasteiger partial charge in [-0.3, -0.25) is 19.0 Å². The van der Waals surface area contributed by atoms with E-state index in [0.717, 1.165) is 38.9 Å². The molecule has 0 aliphatic carbocycles. The first-order valence-corrected chi connectivity index (χ1v) is 24.0. The number of thioether (sulfide) groups is 3. The molecule has 348 valence electrons. The number of aliphatic hydroxyl groups is 1. The van der Waals surface area contributed by atoms with Gasteiger partial charge in [0.25, 0.3) is 22.8 Å². The van der Waals surface area contributed by atoms with Crippen LogP contribution < -0.4 is 10.5 Å². The molecular formula is C46H49BrF6N6O3S3. The molecule has 6 aromatic rings. The number of piperazine rings is 1. The quantitative estimate of drug-likeness (QED) is 0.0730. The van der Waals surface area contributed by atoms with E-state index in [2.05, 4.69) is 30.8 Å². The third-order valence-electron chi connectivity index (χ3n) is 10.4. The second kappa shape index (κ2) is 23.8. The summed E-state index contributed by atoms with van der Waals surface area (Å²) in [5.41, 5.74) is 7.33. The summed E-state index contributed by atoms with van der Waals surface area (Å²) < 4.78 is 78.0. The summed E-state index contributed by atoms with van der Waals surface area (Å²) in [6.45, 7) is 11.3. The molecule has 0 bridgehead atoms. The van der Waals surface area contributed by atoms with Gasteiger partial charge in [-0.2, -0.15) is 26.3 Å². The summed E-state index contributed by atoms with van der Waals surface area (Å²) in [7, 11) is 1.68. The van der Waals surface area contributed by atoms with Crippen molar-refractivity contribution in [2.75, 3.05) is 24.5 Å². The maximum absolute atomic E-state index is 13.2. The maximum Gasteiger partial charge on any atom is 0.288 e. The Balaban J connectivity index is 0.000000248. The van der Waals surface area contributed by atoms with Crippen molar-refractivity contribution in [1.29, 1.82) is 0 Å². The van der Waals surface area contributed by atoms with Gasteiger partial charge in [0.15, 0.2) is 0 Å². The van der Waals surface area contributed by atoms with Crippen LogP contribution in [0.15, 0.2) is 105 Å². The molecule has 19 heteroatoms. The number of nitrogens with zero attached hydrogens (tertiary/aromatic N) is 6. The van der Waals surface area contributed by atoms with E-state index in [9.17, 15) is 35.9 Å². The van der Waals surface area contributed by atoms with E-state index in [4.69, 9.17) is 5.11 Å². The largest absolute Gasteiger partial charge is 0.392 e. The van der Waals surface area contributed by atoms with Gasteiger partial charge in [-0.1, -0.05) is 105 Å². The smallest absolute Gasteiger partial charge is 0.288 e. The number of carbonyl (C=O) groups is 1. The number of anilines is 1. The van der Waals surface area contributed by atoms with Gasteiger partial charge in [-0.25, -0.2) is 9.97 Å². The molecule has 1 aliphatic rings. The average Bonchev–Trinajstić information content (AvgIpc) is 3.49. The highest BCUT2D eigenvalue weighted by atomic mass is 79.9. The summed E-state index contributed by atoms with van der Waals surface area (Å²) in [5.74, 6) is -6.64. The first-order valence-electron chi connectivity index (χ1n) is 20.2. The standard InChI is InChI=1S/C28H30F2N6O2S.C9H9BrF2S.C9H10F2OS/c1-17-5-6-21(25(11-17)39-27(29)30)16-36-24-12-20(7-8-23(24)26(38)33(36)4)22-13-31-28(32-14-22)34-9-10-35(19(3)37)18(2)15-34;1-6-2-3-8(13-9(11)12)7(4-6)5-10;1-6-2-3-8(13-9(10)11)7(4-6)5-12/h5-8,11-14,18,27H,9-10,15-16H2,1-4H3;2-4,9H,5H2,1H3;2-4,9,12H,5H2,1H3/t18-;;/m1../s1. The van der Waals surface area contributed by atoms with E-state index < -0.39 is 17.3 Å². The molecule has 1 aliphatic heterocycles. The number of alkyl halides is 7. The predicted octanol–water partition coefficient (Wildman–Crippen LogP) is 11.5. The van der Waals surface area contributed by atoms with Crippen LogP contribution in [-0.2, 0) is 30.3 Å². The predicted molar refractivity (Wildman–Crippen MR) is 254 cm³/mol. The van der Waals surface area contributed by atoms with Crippen molar-refractivity contribution in [3.63, 3.8) is 0 Å². The molecule has 1 fully saturated rings. The minimum Gasteiger partial charge on any atom is -0.392 e. The van der Waals surface area contributed by atoms with Crippen molar-refractivity contribution in [3.05, 3.63) is 129 Å². The Morgan fingerprint density at radius 2 is 1.31 bits per heavy atom. The van der Waals surface area contributed by atoms with Crippen LogP contribution in [0.2, 0.25) is 0 Å². The normalized spacial score (nSPS) is 13.9. The van der Waals surface area contributed by atoms with Gasteiger partial charge in [-0.05, 0) is 85.8 Å². The molecule has 2 aromatic heterocycles. The second-order valence-electron chi connectivity index (χ2n) is 15.2. The SMILES string of the molecule is CC(=O)N1CCN(c2ncc(-c3ccc4c(=O)n(C)n(Cc5ccc(C)cc5SC(F)F)c4c3)cn2)C[C@H]1C.Cc1ccc(SC(F)F)c(CBr)c1.Cc1ccc(SC(F)F)c(CO)c1. The third-order valence-corrected chi connectivity index (χ3v) is 13.5. The lowest BCUT2D eigenvalue weighted by molar-refractivity contribution is -0.131. The van der Waals surface area contributed by atoms with Crippen molar-refractivity contribution in [2.45, 2.75) is 91.1 Å². The molecule has 4 aromatic carbocycles. The highest BCUT2D eigenvalue weighted by molar-refractivity contribution is 9.08. The second-order valence-corrected chi connectivity index (χ2v) is 18.8. The summed E-state index contributed by atoms with van der Waals surface area (Å²) in [5, 5.41) is 10.1. The molecule has 1 atom stereocenters. The number of halogens is 7. The Hall–Kier alpha value is -4.43. The lowest BCUT2D eigenvalue weighted by Crippen LogP contribution is -2.53. The van der Waals surface area contributed by atoms with Gasteiger partial charge < -0.3 is 14.9 Å². The fourth-order valence-corrected chi connectivity index (χ4v) is 9.82. The van der Waals surface area contributed by atoms with E-state index in [1.807, 2.05) is 73.7 Å². The Kier molecular flexibility index (Phi) is 18.9. The number of hydrogen-bond donors (Lipinski definition) is 1. The van der Waals surface area contributed by atoms with E-state index in [1.54, 1.807) is 62.8 Å². The van der Waals surface area contributed by atoms with Crippen molar-refractivity contribution in [1.82, 2.24) is 24.2 Å². The van der Waals surface area contributed by atoms with Crippen LogP contribution in [-0.4, -0.2) is 78.2 Å². The van der Waals surface area contributed by atoms with Crippen LogP contribution in [0.25, 0.3) is 22.0 Å². The molecule has 0 saturated carbocycles. The fourth-order valence-electron chi connectivity index (χ4n) is 7.21. The van der Waals surface area contributed by atoms with E-state index >= 15 is 0 Å². The molecule has 65 heavy (non-hydrogen) atoms. The van der Waals surface area contributed by atoms with Gasteiger partial charge in [0.2, 0.25) is 11.9 Å². The number of fused-ring (bicyclic) bond motifs is 1. The fraction of sp³-hybridized carbons (Fsp3) is 0.348. The first kappa shape index (κ1) is 51.6. The van der Waals surface area contributed by atoms with E-state index in [1.165, 1.54) is 4.68 Å². The topological polar surface area (TPSA) is 96.5 Å². The number of benzene rings is 4. The van der Waals surface area contributed by atoms with Gasteiger partial charge in [0, 0.05) is 77.6 Å².